The molecule has 8 nitrogen and oxygen atoms in total. The number of carbonyl (C=O) groups excluding carboxylic acids is 2. The summed E-state index contributed by atoms with van der Waals surface area (Å²) in [5.74, 6) is 1.31. The molecule has 0 bridgehead atoms. The third kappa shape index (κ3) is 8.70. The number of benzene rings is 2. The lowest BCUT2D eigenvalue weighted by atomic mass is 10.00. The van der Waals surface area contributed by atoms with Crippen molar-refractivity contribution < 1.29 is 29.3 Å². The normalized spacial score (nSPS) is 18.5. The molecule has 0 aromatic heterocycles. The van der Waals surface area contributed by atoms with E-state index in [1.165, 1.54) is 22.4 Å². The second-order valence-electron chi connectivity index (χ2n) is 11.0. The van der Waals surface area contributed by atoms with E-state index in [-0.39, 0.29) is 11.8 Å². The Morgan fingerprint density at radius 3 is 2.23 bits per heavy atom. The topological polar surface area (TPSA) is 107 Å². The second kappa shape index (κ2) is 13.3. The Kier molecular flexibility index (Phi) is 10.4. The zero-order valence-electron chi connectivity index (χ0n) is 23.2. The van der Waals surface area contributed by atoms with Gasteiger partial charge in [-0.3, -0.25) is 19.4 Å². The van der Waals surface area contributed by atoms with Crippen LogP contribution in [0.15, 0.2) is 42.5 Å². The molecule has 39 heavy (non-hydrogen) atoms. The van der Waals surface area contributed by atoms with Crippen molar-refractivity contribution in [2.45, 2.75) is 66.0 Å². The predicted octanol–water partition coefficient (Wildman–Crippen LogP) is 6.40. The minimum atomic E-state index is -1.83. The van der Waals surface area contributed by atoms with E-state index in [9.17, 15) is 9.59 Å². The zero-order chi connectivity index (χ0) is 28.7. The fraction of sp³-hybridized carbons (Fsp3) is 0.500. The van der Waals surface area contributed by atoms with Crippen molar-refractivity contribution in [1.82, 2.24) is 9.80 Å². The number of aryl methyl sites for hydroxylation is 1. The summed E-state index contributed by atoms with van der Waals surface area (Å²) >= 11 is 6.16. The van der Waals surface area contributed by atoms with Crippen LogP contribution < -0.4 is 4.74 Å². The van der Waals surface area contributed by atoms with Crippen molar-refractivity contribution >= 4 is 29.6 Å². The number of nitrogens with zero attached hydrogens (tertiary/aromatic N) is 2. The number of carboxylic acid groups (broad SMARTS) is 2. The molecule has 2 fully saturated rings. The largest absolute Gasteiger partial charge is 0.503 e. The van der Waals surface area contributed by atoms with Crippen LogP contribution in [0.25, 0.3) is 0 Å². The number of halogens is 1. The molecule has 0 unspecified atom stereocenters. The lowest BCUT2D eigenvalue weighted by molar-refractivity contribution is -0.138. The molecule has 9 heteroatoms. The number of carbonyl (C=O) groups is 3. The van der Waals surface area contributed by atoms with E-state index in [0.717, 1.165) is 35.8 Å². The molecule has 4 rings (SSSR count). The van der Waals surface area contributed by atoms with Crippen LogP contribution in [0.1, 0.15) is 69.2 Å². The van der Waals surface area contributed by atoms with Gasteiger partial charge in [-0.05, 0) is 66.0 Å². The van der Waals surface area contributed by atoms with Gasteiger partial charge in [-0.15, -0.1) is 0 Å². The predicted molar refractivity (Wildman–Crippen MR) is 150 cm³/mol. The molecule has 2 amide bonds. The van der Waals surface area contributed by atoms with Gasteiger partial charge in [0.1, 0.15) is 12.4 Å². The molecule has 1 heterocycles. The molecule has 0 radical (unpaired) electrons. The summed E-state index contributed by atoms with van der Waals surface area (Å²) in [5.41, 5.74) is 4.04. The number of likely N-dealkylation sites (tertiary alicyclic amines) is 1. The lowest BCUT2D eigenvalue weighted by Crippen LogP contribution is -2.33. The van der Waals surface area contributed by atoms with Gasteiger partial charge >= 0.3 is 6.16 Å². The highest BCUT2D eigenvalue weighted by Crippen LogP contribution is 2.52. The number of amides is 2. The van der Waals surface area contributed by atoms with Crippen LogP contribution in [0.5, 0.6) is 5.75 Å². The van der Waals surface area contributed by atoms with Gasteiger partial charge in [-0.1, -0.05) is 56.6 Å². The second-order valence-corrected chi connectivity index (χ2v) is 11.4. The molecular formula is C30H39ClN2O6. The van der Waals surface area contributed by atoms with Gasteiger partial charge in [0.2, 0.25) is 11.8 Å². The van der Waals surface area contributed by atoms with E-state index in [0.29, 0.717) is 43.4 Å². The summed E-state index contributed by atoms with van der Waals surface area (Å²) in [6.07, 6.45) is 1.10. The quantitative estimate of drug-likeness (QED) is 0.307. The average molecular weight is 559 g/mol. The summed E-state index contributed by atoms with van der Waals surface area (Å²) in [6.45, 7) is 11.6. The van der Waals surface area contributed by atoms with E-state index in [4.69, 9.17) is 31.3 Å². The minimum absolute atomic E-state index is 0.101. The fourth-order valence-electron chi connectivity index (χ4n) is 5.19. The van der Waals surface area contributed by atoms with Crippen molar-refractivity contribution in [3.63, 3.8) is 0 Å². The molecule has 1 saturated carbocycles. The molecule has 2 aliphatic rings. The Morgan fingerprint density at radius 2 is 1.72 bits per heavy atom. The van der Waals surface area contributed by atoms with Gasteiger partial charge in [0.05, 0.1) is 6.54 Å². The Labute approximate surface area is 235 Å². The third-order valence-electron chi connectivity index (χ3n) is 7.61. The smallest absolute Gasteiger partial charge is 0.491 e. The van der Waals surface area contributed by atoms with Crippen molar-refractivity contribution in [2.75, 3.05) is 19.7 Å². The molecule has 1 aliphatic carbocycles. The number of hydrogen-bond acceptors (Lipinski definition) is 5. The Bertz CT molecular complexity index is 1150. The highest BCUT2D eigenvalue weighted by atomic mass is 35.5. The summed E-state index contributed by atoms with van der Waals surface area (Å²) in [4.78, 5) is 36.1. The first-order chi connectivity index (χ1) is 18.4. The van der Waals surface area contributed by atoms with Crippen LogP contribution in [0.3, 0.4) is 0 Å². The van der Waals surface area contributed by atoms with Crippen LogP contribution in [0.4, 0.5) is 4.79 Å². The molecule has 212 valence electrons. The molecule has 1 saturated heterocycles. The van der Waals surface area contributed by atoms with Gasteiger partial charge in [-0.25, -0.2) is 4.79 Å². The number of hydrogen-bond donors (Lipinski definition) is 2. The molecule has 2 N–H and O–H groups in total. The molecular weight excluding hydrogens is 520 g/mol. The van der Waals surface area contributed by atoms with Gasteiger partial charge in [0.15, 0.2) is 0 Å². The van der Waals surface area contributed by atoms with E-state index in [1.54, 1.807) is 0 Å². The van der Waals surface area contributed by atoms with E-state index in [2.05, 4.69) is 56.9 Å². The summed E-state index contributed by atoms with van der Waals surface area (Å²) in [6, 6.07) is 14.9. The maximum atomic E-state index is 11.8. The van der Waals surface area contributed by atoms with Crippen LogP contribution in [-0.2, 0) is 16.1 Å². The van der Waals surface area contributed by atoms with Crippen LogP contribution in [0.2, 0.25) is 5.02 Å². The van der Waals surface area contributed by atoms with Crippen LogP contribution in [0, 0.1) is 18.3 Å². The number of imide groups is 1. The maximum Gasteiger partial charge on any atom is 0.503 e. The minimum Gasteiger partial charge on any atom is -0.491 e. The van der Waals surface area contributed by atoms with Crippen LogP contribution >= 0.6 is 11.6 Å². The maximum absolute atomic E-state index is 11.8. The lowest BCUT2D eigenvalue weighted by Gasteiger charge is -2.32. The highest BCUT2D eigenvalue weighted by molar-refractivity contribution is 6.30. The SMILES string of the molecule is CC[C@H](c1ccc(Cl)cc1)N(Cc1ccc(OCCN2C(=O)CCC2=O)c(C)c1)C[C@@H]1CC1(C)C.O=C(O)O. The number of ether oxygens (including phenoxy) is 1. The monoisotopic (exact) mass is 558 g/mol. The highest BCUT2D eigenvalue weighted by Gasteiger charge is 2.46. The van der Waals surface area contributed by atoms with Gasteiger partial charge in [-0.2, -0.15) is 0 Å². The van der Waals surface area contributed by atoms with Crippen LogP contribution in [-0.4, -0.2) is 57.7 Å². The summed E-state index contributed by atoms with van der Waals surface area (Å²) in [5, 5.41) is 14.7. The van der Waals surface area contributed by atoms with Crippen molar-refractivity contribution in [3.05, 3.63) is 64.2 Å². The summed E-state index contributed by atoms with van der Waals surface area (Å²) in [7, 11) is 0. The third-order valence-corrected chi connectivity index (χ3v) is 7.86. The first kappa shape index (κ1) is 30.4. The first-order valence-electron chi connectivity index (χ1n) is 13.4. The van der Waals surface area contributed by atoms with E-state index in [1.807, 2.05) is 18.2 Å². The molecule has 2 atom stereocenters. The standard InChI is InChI=1S/C29H37ClN2O3.CH2O3/c1-5-25(22-7-9-24(30)10-8-22)31(19-23-17-29(23,3)4)18-21-6-11-26(20(2)16-21)35-15-14-32-27(33)12-13-28(32)34;2-1(3)4/h6-11,16,23,25H,5,12-15,17-19H2,1-4H3;(H2,2,3,4)/t23-,25+;/m0./s1. The molecule has 1 aliphatic heterocycles. The van der Waals surface area contributed by atoms with Crippen molar-refractivity contribution in [2.24, 2.45) is 11.3 Å². The average Bonchev–Trinajstić information content (AvgIpc) is 3.34. The molecule has 0 spiro atoms. The Balaban J connectivity index is 0.000000983. The van der Waals surface area contributed by atoms with E-state index < -0.39 is 6.16 Å². The molecule has 2 aromatic carbocycles. The van der Waals surface area contributed by atoms with E-state index >= 15 is 0 Å². The van der Waals surface area contributed by atoms with Gasteiger partial charge < -0.3 is 14.9 Å². The Hall–Kier alpha value is -3.10. The van der Waals surface area contributed by atoms with Gasteiger partial charge in [0, 0.05) is 37.0 Å². The first-order valence-corrected chi connectivity index (χ1v) is 13.8. The zero-order valence-corrected chi connectivity index (χ0v) is 23.9. The Morgan fingerprint density at radius 1 is 1.13 bits per heavy atom. The summed E-state index contributed by atoms with van der Waals surface area (Å²) < 4.78 is 5.93. The fourth-order valence-corrected chi connectivity index (χ4v) is 5.31. The van der Waals surface area contributed by atoms with Crippen molar-refractivity contribution in [3.8, 4) is 5.75 Å². The number of rotatable bonds is 11. The van der Waals surface area contributed by atoms with Gasteiger partial charge in [0.25, 0.3) is 0 Å². The molecule has 2 aromatic rings. The van der Waals surface area contributed by atoms with Crippen molar-refractivity contribution in [1.29, 1.82) is 0 Å².